The number of benzene rings is 1. The summed E-state index contributed by atoms with van der Waals surface area (Å²) in [6, 6.07) is 3.96. The molecular weight excluding hydrogens is 198 g/mol. The summed E-state index contributed by atoms with van der Waals surface area (Å²) in [6.07, 6.45) is -0.532. The van der Waals surface area contributed by atoms with Crippen molar-refractivity contribution in [3.8, 4) is 0 Å². The van der Waals surface area contributed by atoms with Crippen molar-refractivity contribution >= 4 is 5.69 Å². The van der Waals surface area contributed by atoms with Gasteiger partial charge in [-0.15, -0.1) is 0 Å². The quantitative estimate of drug-likeness (QED) is 0.702. The van der Waals surface area contributed by atoms with Crippen LogP contribution in [0.3, 0.4) is 0 Å². The first-order chi connectivity index (χ1) is 7.19. The van der Waals surface area contributed by atoms with Gasteiger partial charge in [-0.3, -0.25) is 0 Å². The van der Waals surface area contributed by atoms with Gasteiger partial charge in [0.25, 0.3) is 0 Å². The molecule has 0 aliphatic carbocycles. The number of rotatable bonds is 1. The van der Waals surface area contributed by atoms with Gasteiger partial charge >= 0.3 is 0 Å². The molecule has 1 aliphatic heterocycles. The summed E-state index contributed by atoms with van der Waals surface area (Å²) in [7, 11) is 0. The highest BCUT2D eigenvalue weighted by atomic mass is 19.1. The molecule has 0 aromatic heterocycles. The molecule has 15 heavy (non-hydrogen) atoms. The van der Waals surface area contributed by atoms with Crippen molar-refractivity contribution in [1.82, 2.24) is 5.32 Å². The molecule has 0 spiro atoms. The number of nitrogens with zero attached hydrogens (tertiary/aromatic N) is 1. The first kappa shape index (κ1) is 10.1. The second kappa shape index (κ2) is 3.95. The first-order valence-corrected chi connectivity index (χ1v) is 4.74. The molecule has 0 radical (unpaired) electrons. The van der Waals surface area contributed by atoms with E-state index in [1.165, 1.54) is 12.1 Å². The van der Waals surface area contributed by atoms with Gasteiger partial charge in [0, 0.05) is 12.6 Å². The third kappa shape index (κ3) is 2.13. The highest BCUT2D eigenvalue weighted by Gasteiger charge is 2.25. The molecule has 2 atom stereocenters. The lowest BCUT2D eigenvalue weighted by molar-refractivity contribution is 0.356. The molecule has 1 heterocycles. The van der Waals surface area contributed by atoms with Crippen LogP contribution in [0.25, 0.3) is 4.85 Å². The molecule has 1 saturated heterocycles. The van der Waals surface area contributed by atoms with E-state index < -0.39 is 12.0 Å². The lowest BCUT2D eigenvalue weighted by Crippen LogP contribution is -2.13. The van der Waals surface area contributed by atoms with Crippen molar-refractivity contribution in [3.05, 3.63) is 41.0 Å². The lowest BCUT2D eigenvalue weighted by Gasteiger charge is -2.10. The maximum absolute atomic E-state index is 13.1. The molecule has 1 aromatic rings. The van der Waals surface area contributed by atoms with Gasteiger partial charge in [-0.25, -0.2) is 13.6 Å². The summed E-state index contributed by atoms with van der Waals surface area (Å²) in [5, 5.41) is 2.96. The van der Waals surface area contributed by atoms with Gasteiger partial charge in [0.05, 0.1) is 6.57 Å². The van der Waals surface area contributed by atoms with Crippen LogP contribution in [-0.4, -0.2) is 12.7 Å². The van der Waals surface area contributed by atoms with Crippen LogP contribution in [0.2, 0.25) is 0 Å². The zero-order chi connectivity index (χ0) is 10.8. The minimum atomic E-state index is -0.880. The Labute approximate surface area is 86.7 Å². The van der Waals surface area contributed by atoms with Gasteiger partial charge in [-0.1, -0.05) is 6.07 Å². The predicted molar refractivity (Wildman–Crippen MR) is 52.9 cm³/mol. The predicted octanol–water partition coefficient (Wildman–Crippen LogP) is 2.75. The van der Waals surface area contributed by atoms with Crippen LogP contribution in [0.15, 0.2) is 18.2 Å². The molecular formula is C11H10F2N2. The van der Waals surface area contributed by atoms with Gasteiger partial charge < -0.3 is 5.32 Å². The molecule has 1 aromatic carbocycles. The summed E-state index contributed by atoms with van der Waals surface area (Å²) >= 11 is 0. The Hall–Kier alpha value is -1.47. The molecule has 2 rings (SSSR count). The van der Waals surface area contributed by atoms with E-state index in [-0.39, 0.29) is 11.7 Å². The smallest absolute Gasteiger partial charge is 0.190 e. The van der Waals surface area contributed by atoms with Crippen LogP contribution in [0.1, 0.15) is 18.0 Å². The third-order valence-corrected chi connectivity index (χ3v) is 2.51. The minimum Gasteiger partial charge on any atom is -0.307 e. The fourth-order valence-corrected chi connectivity index (χ4v) is 1.81. The highest BCUT2D eigenvalue weighted by Crippen LogP contribution is 2.28. The molecule has 0 saturated carbocycles. The Kier molecular flexibility index (Phi) is 2.65. The maximum atomic E-state index is 13.1. The van der Waals surface area contributed by atoms with Gasteiger partial charge in [-0.2, -0.15) is 0 Å². The van der Waals surface area contributed by atoms with Crippen molar-refractivity contribution in [3.63, 3.8) is 0 Å². The van der Waals surface area contributed by atoms with Crippen LogP contribution in [-0.2, 0) is 0 Å². The molecule has 0 amide bonds. The fourth-order valence-electron chi connectivity index (χ4n) is 1.81. The normalized spacial score (nSPS) is 25.1. The topological polar surface area (TPSA) is 16.4 Å². The Morgan fingerprint density at radius 2 is 2.20 bits per heavy atom. The fraction of sp³-hybridized carbons (Fsp3) is 0.364. The standard InChI is InChI=1S/C11H10F2N2/c1-14-10-3-7(2-8(12)4-10)11-5-9(13)6-15-11/h2-4,9,11,15H,5-6H2/t9-,11?/m0/s1. The molecule has 2 nitrogen and oxygen atoms in total. The largest absolute Gasteiger partial charge is 0.307 e. The van der Waals surface area contributed by atoms with Gasteiger partial charge in [0.15, 0.2) is 5.69 Å². The van der Waals surface area contributed by atoms with Crippen LogP contribution in [0.5, 0.6) is 0 Å². The Balaban J connectivity index is 2.29. The summed E-state index contributed by atoms with van der Waals surface area (Å²) in [5.41, 5.74) is 0.912. The van der Waals surface area contributed by atoms with E-state index in [0.717, 1.165) is 0 Å². The van der Waals surface area contributed by atoms with Crippen molar-refractivity contribution in [1.29, 1.82) is 0 Å². The van der Waals surface area contributed by atoms with Gasteiger partial charge in [0.2, 0.25) is 0 Å². The molecule has 0 bridgehead atoms. The van der Waals surface area contributed by atoms with E-state index in [4.69, 9.17) is 6.57 Å². The zero-order valence-electron chi connectivity index (χ0n) is 8.00. The van der Waals surface area contributed by atoms with E-state index in [0.29, 0.717) is 18.5 Å². The van der Waals surface area contributed by atoms with Crippen LogP contribution >= 0.6 is 0 Å². The number of halogens is 2. The number of hydrogen-bond acceptors (Lipinski definition) is 1. The van der Waals surface area contributed by atoms with E-state index in [1.807, 2.05) is 0 Å². The van der Waals surface area contributed by atoms with Crippen LogP contribution in [0.4, 0.5) is 14.5 Å². The second-order valence-electron chi connectivity index (χ2n) is 3.65. The molecule has 1 unspecified atom stereocenters. The summed E-state index contributed by atoms with van der Waals surface area (Å²) < 4.78 is 26.0. The van der Waals surface area contributed by atoms with E-state index in [2.05, 4.69) is 10.2 Å². The maximum Gasteiger partial charge on any atom is 0.190 e. The second-order valence-corrected chi connectivity index (χ2v) is 3.65. The first-order valence-electron chi connectivity index (χ1n) is 4.74. The monoisotopic (exact) mass is 208 g/mol. The van der Waals surface area contributed by atoms with E-state index >= 15 is 0 Å². The van der Waals surface area contributed by atoms with Crippen molar-refractivity contribution in [2.24, 2.45) is 0 Å². The van der Waals surface area contributed by atoms with E-state index in [1.54, 1.807) is 6.07 Å². The van der Waals surface area contributed by atoms with Crippen LogP contribution in [0, 0.1) is 12.4 Å². The average Bonchev–Trinajstić information content (AvgIpc) is 2.64. The van der Waals surface area contributed by atoms with Crippen molar-refractivity contribution in [2.45, 2.75) is 18.6 Å². The highest BCUT2D eigenvalue weighted by molar-refractivity contribution is 5.48. The molecule has 1 fully saturated rings. The lowest BCUT2D eigenvalue weighted by atomic mass is 10.0. The Morgan fingerprint density at radius 1 is 1.40 bits per heavy atom. The van der Waals surface area contributed by atoms with E-state index in [9.17, 15) is 8.78 Å². The van der Waals surface area contributed by atoms with Crippen molar-refractivity contribution < 1.29 is 8.78 Å². The third-order valence-electron chi connectivity index (χ3n) is 2.51. The Morgan fingerprint density at radius 3 is 2.80 bits per heavy atom. The summed E-state index contributed by atoms with van der Waals surface area (Å²) in [6.45, 7) is 7.11. The zero-order valence-corrected chi connectivity index (χ0v) is 8.00. The molecule has 1 aliphatic rings. The van der Waals surface area contributed by atoms with Crippen LogP contribution < -0.4 is 5.32 Å². The number of alkyl halides is 1. The molecule has 1 N–H and O–H groups in total. The van der Waals surface area contributed by atoms with Gasteiger partial charge in [0.1, 0.15) is 12.0 Å². The molecule has 78 valence electrons. The van der Waals surface area contributed by atoms with Crippen molar-refractivity contribution in [2.75, 3.05) is 6.54 Å². The van der Waals surface area contributed by atoms with Gasteiger partial charge in [-0.05, 0) is 24.1 Å². The Bertz CT molecular complexity index is 412. The minimum absolute atomic E-state index is 0.170. The number of nitrogens with one attached hydrogen (secondary N) is 1. The number of hydrogen-bond donors (Lipinski definition) is 1. The molecule has 4 heteroatoms. The summed E-state index contributed by atoms with van der Waals surface area (Å²) in [5.74, 6) is -0.442. The summed E-state index contributed by atoms with van der Waals surface area (Å²) in [4.78, 5) is 3.17. The SMILES string of the molecule is [C-]#[N+]c1cc(F)cc(C2C[C@H](F)CN2)c1. The average molecular weight is 208 g/mol.